The van der Waals surface area contributed by atoms with Crippen LogP contribution in [0.3, 0.4) is 0 Å². The molecular weight excluding hydrogens is 373 g/mol. The Morgan fingerprint density at radius 2 is 1.90 bits per heavy atom. The summed E-state index contributed by atoms with van der Waals surface area (Å²) < 4.78 is 20.4. The molecule has 1 saturated carbocycles. The Kier molecular flexibility index (Phi) is 5.02. The van der Waals surface area contributed by atoms with Crippen molar-refractivity contribution in [2.45, 2.75) is 64.1 Å². The zero-order valence-corrected chi connectivity index (χ0v) is 16.9. The zero-order chi connectivity index (χ0) is 20.6. The third-order valence-corrected chi connectivity index (χ3v) is 5.08. The fourth-order valence-corrected chi connectivity index (χ4v) is 3.76. The zero-order valence-electron chi connectivity index (χ0n) is 16.9. The Labute approximate surface area is 168 Å². The smallest absolute Gasteiger partial charge is 0.407 e. The van der Waals surface area contributed by atoms with Crippen molar-refractivity contribution < 1.29 is 13.9 Å². The number of carbonyl (C=O) groups is 1. The SMILES string of the molecule is CC(C)(C)OC(=O)NC1CCC(Nc2cc3c4ccc(F)cc4nn3cn2)CC1. The number of rotatable bonds is 3. The number of halogens is 1. The molecule has 0 bridgehead atoms. The number of nitrogens with zero attached hydrogens (tertiary/aromatic N) is 3. The van der Waals surface area contributed by atoms with Gasteiger partial charge in [0.05, 0.1) is 11.0 Å². The first kappa shape index (κ1) is 19.4. The molecule has 154 valence electrons. The minimum absolute atomic E-state index is 0.131. The van der Waals surface area contributed by atoms with Crippen molar-refractivity contribution in [3.63, 3.8) is 0 Å². The Morgan fingerprint density at radius 1 is 1.17 bits per heavy atom. The second-order valence-electron chi connectivity index (χ2n) is 8.60. The lowest BCUT2D eigenvalue weighted by Gasteiger charge is -2.30. The second kappa shape index (κ2) is 7.50. The van der Waals surface area contributed by atoms with Crippen molar-refractivity contribution in [2.24, 2.45) is 0 Å². The van der Waals surface area contributed by atoms with Gasteiger partial charge in [-0.1, -0.05) is 0 Å². The summed E-state index contributed by atoms with van der Waals surface area (Å²) in [5.41, 5.74) is 1.01. The van der Waals surface area contributed by atoms with Crippen molar-refractivity contribution in [1.82, 2.24) is 19.9 Å². The van der Waals surface area contributed by atoms with Crippen LogP contribution < -0.4 is 10.6 Å². The number of alkyl carbamates (subject to hydrolysis) is 1. The third-order valence-electron chi connectivity index (χ3n) is 5.08. The fraction of sp³-hybridized carbons (Fsp3) is 0.476. The van der Waals surface area contributed by atoms with Crippen LogP contribution in [0.2, 0.25) is 0 Å². The van der Waals surface area contributed by atoms with Gasteiger partial charge in [0, 0.05) is 29.6 Å². The highest BCUT2D eigenvalue weighted by Gasteiger charge is 2.25. The first-order valence-corrected chi connectivity index (χ1v) is 9.96. The molecule has 1 aromatic carbocycles. The van der Waals surface area contributed by atoms with E-state index < -0.39 is 5.60 Å². The molecule has 0 aliphatic heterocycles. The van der Waals surface area contributed by atoms with Gasteiger partial charge in [0.25, 0.3) is 0 Å². The maximum Gasteiger partial charge on any atom is 0.407 e. The van der Waals surface area contributed by atoms with Crippen LogP contribution in [0.4, 0.5) is 15.0 Å². The van der Waals surface area contributed by atoms with Crippen LogP contribution in [0.1, 0.15) is 46.5 Å². The van der Waals surface area contributed by atoms with Gasteiger partial charge in [-0.15, -0.1) is 0 Å². The van der Waals surface area contributed by atoms with Crippen molar-refractivity contribution in [3.05, 3.63) is 36.4 Å². The molecule has 7 nitrogen and oxygen atoms in total. The van der Waals surface area contributed by atoms with Gasteiger partial charge in [-0.05, 0) is 58.6 Å². The van der Waals surface area contributed by atoms with E-state index in [0.29, 0.717) is 5.52 Å². The number of anilines is 1. The minimum Gasteiger partial charge on any atom is -0.444 e. The van der Waals surface area contributed by atoms with Crippen LogP contribution in [-0.4, -0.2) is 38.4 Å². The Bertz CT molecular complexity index is 1030. The largest absolute Gasteiger partial charge is 0.444 e. The molecule has 1 aliphatic carbocycles. The highest BCUT2D eigenvalue weighted by atomic mass is 19.1. The van der Waals surface area contributed by atoms with Gasteiger partial charge < -0.3 is 15.4 Å². The standard InChI is InChI=1S/C21H26FN5O2/c1-21(2,3)29-20(28)25-15-7-5-14(6-8-15)24-19-11-18-16-9-4-13(22)10-17(16)26-27(18)12-23-19/h4,9-12,14-15,24H,5-8H2,1-3H3,(H,25,28). The number of amides is 1. The number of benzene rings is 1. The van der Waals surface area contributed by atoms with Crippen LogP contribution in [0.25, 0.3) is 16.4 Å². The fourth-order valence-electron chi connectivity index (χ4n) is 3.76. The molecule has 0 unspecified atom stereocenters. The second-order valence-corrected chi connectivity index (χ2v) is 8.60. The lowest BCUT2D eigenvalue weighted by atomic mass is 9.91. The number of ether oxygens (including phenoxy) is 1. The van der Waals surface area contributed by atoms with Gasteiger partial charge in [0.2, 0.25) is 0 Å². The maximum atomic E-state index is 13.4. The van der Waals surface area contributed by atoms with Gasteiger partial charge in [-0.3, -0.25) is 0 Å². The number of aromatic nitrogens is 3. The molecular formula is C21H26FN5O2. The summed E-state index contributed by atoms with van der Waals surface area (Å²) in [6, 6.07) is 6.97. The molecule has 2 aromatic heterocycles. The van der Waals surface area contributed by atoms with Gasteiger partial charge in [-0.25, -0.2) is 18.7 Å². The van der Waals surface area contributed by atoms with Crippen molar-refractivity contribution in [2.75, 3.05) is 5.32 Å². The highest BCUT2D eigenvalue weighted by Crippen LogP contribution is 2.25. The van der Waals surface area contributed by atoms with Crippen LogP contribution >= 0.6 is 0 Å². The molecule has 0 radical (unpaired) electrons. The Morgan fingerprint density at radius 3 is 2.62 bits per heavy atom. The van der Waals surface area contributed by atoms with Gasteiger partial charge in [0.15, 0.2) is 0 Å². The minimum atomic E-state index is -0.489. The van der Waals surface area contributed by atoms with E-state index in [1.807, 2.05) is 26.8 Å². The number of hydrogen-bond donors (Lipinski definition) is 2. The lowest BCUT2D eigenvalue weighted by molar-refractivity contribution is 0.0492. The first-order valence-electron chi connectivity index (χ1n) is 9.96. The topological polar surface area (TPSA) is 80.5 Å². The van der Waals surface area contributed by atoms with E-state index in [4.69, 9.17) is 4.74 Å². The molecule has 4 rings (SSSR count). The molecule has 0 spiro atoms. The maximum absolute atomic E-state index is 13.4. The van der Waals surface area contributed by atoms with E-state index in [2.05, 4.69) is 20.7 Å². The van der Waals surface area contributed by atoms with Crippen molar-refractivity contribution in [1.29, 1.82) is 0 Å². The molecule has 2 N–H and O–H groups in total. The van der Waals surface area contributed by atoms with Crippen LogP contribution in [0, 0.1) is 5.82 Å². The van der Waals surface area contributed by atoms with Gasteiger partial charge >= 0.3 is 6.09 Å². The quantitative estimate of drug-likeness (QED) is 0.687. The first-order chi connectivity index (χ1) is 13.8. The van der Waals surface area contributed by atoms with Crippen LogP contribution in [-0.2, 0) is 4.74 Å². The summed E-state index contributed by atoms with van der Waals surface area (Å²) in [7, 11) is 0. The van der Waals surface area contributed by atoms with E-state index in [-0.39, 0.29) is 24.0 Å². The molecule has 0 atom stereocenters. The summed E-state index contributed by atoms with van der Waals surface area (Å²) >= 11 is 0. The average Bonchev–Trinajstić information content (AvgIpc) is 2.98. The van der Waals surface area contributed by atoms with E-state index >= 15 is 0 Å². The normalized spacial score (nSPS) is 20.0. The monoisotopic (exact) mass is 399 g/mol. The molecule has 1 amide bonds. The molecule has 0 saturated heterocycles. The Hall–Kier alpha value is -2.90. The van der Waals surface area contributed by atoms with E-state index in [1.54, 1.807) is 16.9 Å². The summed E-state index contributed by atoms with van der Waals surface area (Å²) in [4.78, 5) is 16.4. The van der Waals surface area contributed by atoms with E-state index in [1.165, 1.54) is 12.1 Å². The number of carbonyl (C=O) groups excluding carboxylic acids is 1. The lowest BCUT2D eigenvalue weighted by Crippen LogP contribution is -2.42. The summed E-state index contributed by atoms with van der Waals surface area (Å²) in [5.74, 6) is 0.469. The summed E-state index contributed by atoms with van der Waals surface area (Å²) in [6.07, 6.45) is 4.91. The predicted molar refractivity (Wildman–Crippen MR) is 109 cm³/mol. The van der Waals surface area contributed by atoms with Crippen molar-refractivity contribution in [3.8, 4) is 0 Å². The number of nitrogens with one attached hydrogen (secondary N) is 2. The summed E-state index contributed by atoms with van der Waals surface area (Å²) in [6.45, 7) is 5.58. The summed E-state index contributed by atoms with van der Waals surface area (Å²) in [5, 5.41) is 11.7. The molecule has 29 heavy (non-hydrogen) atoms. The molecule has 8 heteroatoms. The van der Waals surface area contributed by atoms with E-state index in [9.17, 15) is 9.18 Å². The van der Waals surface area contributed by atoms with Gasteiger partial charge in [-0.2, -0.15) is 5.10 Å². The van der Waals surface area contributed by atoms with Crippen LogP contribution in [0.15, 0.2) is 30.6 Å². The van der Waals surface area contributed by atoms with Crippen LogP contribution in [0.5, 0.6) is 0 Å². The molecule has 1 fully saturated rings. The molecule has 3 aromatic rings. The van der Waals surface area contributed by atoms with Crippen molar-refractivity contribution >= 4 is 28.3 Å². The van der Waals surface area contributed by atoms with E-state index in [0.717, 1.165) is 42.4 Å². The Balaban J connectivity index is 1.37. The average molecular weight is 399 g/mol. The third kappa shape index (κ3) is 4.58. The molecule has 2 heterocycles. The predicted octanol–water partition coefficient (Wildman–Crippen LogP) is 4.27. The number of fused-ring (bicyclic) bond motifs is 3. The number of hydrogen-bond acceptors (Lipinski definition) is 5. The van der Waals surface area contributed by atoms with Gasteiger partial charge in [0.1, 0.15) is 23.6 Å². The molecule has 1 aliphatic rings. The highest BCUT2D eigenvalue weighted by molar-refractivity contribution is 5.94.